The number of ether oxygens (including phenoxy) is 1. The Morgan fingerprint density at radius 2 is 2.00 bits per heavy atom. The Morgan fingerprint density at radius 1 is 1.33 bits per heavy atom. The number of hydrogen-bond donors (Lipinski definition) is 0. The van der Waals surface area contributed by atoms with Gasteiger partial charge >= 0.3 is 16.1 Å². The zero-order valence-corrected chi connectivity index (χ0v) is 11.4. The van der Waals surface area contributed by atoms with Crippen LogP contribution in [-0.4, -0.2) is 21.0 Å². The van der Waals surface area contributed by atoms with Gasteiger partial charge in [-0.1, -0.05) is 13.0 Å². The number of rotatable bonds is 5. The number of carbonyl (C=O) groups excluding carboxylic acids is 1. The number of benzene rings is 1. The van der Waals surface area contributed by atoms with Gasteiger partial charge in [0.25, 0.3) is 0 Å². The Kier molecular flexibility index (Phi) is 4.86. The molecule has 1 aromatic rings. The van der Waals surface area contributed by atoms with Gasteiger partial charge in [0, 0.05) is 6.92 Å². The first-order chi connectivity index (χ1) is 8.36. The minimum atomic E-state index is -3.89. The van der Waals surface area contributed by atoms with Crippen molar-refractivity contribution in [1.82, 2.24) is 0 Å². The quantitative estimate of drug-likeness (QED) is 0.466. The maximum Gasteiger partial charge on any atom is 0.308 e. The molecule has 0 atom stereocenters. The summed E-state index contributed by atoms with van der Waals surface area (Å²) in [6.45, 7) is 4.88. The van der Waals surface area contributed by atoms with Crippen LogP contribution in [0.15, 0.2) is 23.1 Å². The van der Waals surface area contributed by atoms with E-state index < -0.39 is 16.1 Å². The molecule has 0 bridgehead atoms. The Labute approximate surface area is 107 Å². The smallest absolute Gasteiger partial charge is 0.308 e. The molecule has 0 aliphatic carbocycles. The molecular weight excluding hydrogens is 256 g/mol. The lowest BCUT2D eigenvalue weighted by molar-refractivity contribution is -0.132. The molecule has 5 nitrogen and oxygen atoms in total. The largest absolute Gasteiger partial charge is 0.425 e. The van der Waals surface area contributed by atoms with E-state index in [1.165, 1.54) is 19.1 Å². The minimum absolute atomic E-state index is 0.00129. The molecule has 1 aromatic carbocycles. The minimum Gasteiger partial charge on any atom is -0.425 e. The zero-order chi connectivity index (χ0) is 13.8. The molecular formula is C12H16O5S. The van der Waals surface area contributed by atoms with Crippen LogP contribution in [-0.2, 0) is 19.1 Å². The van der Waals surface area contributed by atoms with Crippen molar-refractivity contribution >= 4 is 16.1 Å². The Balaban J connectivity index is 3.18. The Hall–Kier alpha value is -1.40. The van der Waals surface area contributed by atoms with Crippen LogP contribution in [0.5, 0.6) is 5.75 Å². The summed E-state index contributed by atoms with van der Waals surface area (Å²) in [5, 5.41) is 0. The van der Waals surface area contributed by atoms with Crippen LogP contribution >= 0.6 is 0 Å². The SMILES string of the molecule is CCCOS(=O)(=O)c1ccc(C)cc1OC(C)=O. The van der Waals surface area contributed by atoms with Crippen LogP contribution in [0.4, 0.5) is 0 Å². The summed E-state index contributed by atoms with van der Waals surface area (Å²) in [6.07, 6.45) is 0.577. The second-order valence-electron chi connectivity index (χ2n) is 3.82. The molecule has 0 aromatic heterocycles. The summed E-state index contributed by atoms with van der Waals surface area (Å²) in [5.74, 6) is -0.578. The monoisotopic (exact) mass is 272 g/mol. The summed E-state index contributed by atoms with van der Waals surface area (Å²) in [4.78, 5) is 10.8. The normalized spacial score (nSPS) is 11.3. The summed E-state index contributed by atoms with van der Waals surface area (Å²) < 4.78 is 33.5. The number of hydrogen-bond acceptors (Lipinski definition) is 5. The summed E-state index contributed by atoms with van der Waals surface area (Å²) in [6, 6.07) is 4.48. The van der Waals surface area contributed by atoms with Gasteiger partial charge in [0.05, 0.1) is 6.61 Å². The van der Waals surface area contributed by atoms with Crippen molar-refractivity contribution in [3.8, 4) is 5.75 Å². The molecule has 18 heavy (non-hydrogen) atoms. The van der Waals surface area contributed by atoms with Gasteiger partial charge in [-0.05, 0) is 31.0 Å². The third-order valence-electron chi connectivity index (χ3n) is 2.06. The molecule has 0 heterocycles. The maximum atomic E-state index is 11.9. The van der Waals surface area contributed by atoms with Gasteiger partial charge in [0.15, 0.2) is 5.75 Å². The van der Waals surface area contributed by atoms with E-state index in [4.69, 9.17) is 8.92 Å². The molecule has 0 radical (unpaired) electrons. The molecule has 6 heteroatoms. The van der Waals surface area contributed by atoms with Crippen LogP contribution in [0.3, 0.4) is 0 Å². The van der Waals surface area contributed by atoms with Gasteiger partial charge in [0.1, 0.15) is 4.90 Å². The van der Waals surface area contributed by atoms with Gasteiger partial charge < -0.3 is 4.74 Å². The van der Waals surface area contributed by atoms with Gasteiger partial charge in [-0.2, -0.15) is 8.42 Å². The van der Waals surface area contributed by atoms with Gasteiger partial charge in [-0.25, -0.2) is 0 Å². The number of carbonyl (C=O) groups is 1. The van der Waals surface area contributed by atoms with Crippen LogP contribution in [0, 0.1) is 6.92 Å². The lowest BCUT2D eigenvalue weighted by Gasteiger charge is -2.10. The van der Waals surface area contributed by atoms with Crippen LogP contribution in [0.2, 0.25) is 0 Å². The molecule has 0 aliphatic heterocycles. The fourth-order valence-electron chi connectivity index (χ4n) is 1.31. The third-order valence-corrected chi connectivity index (χ3v) is 3.42. The topological polar surface area (TPSA) is 69.7 Å². The van der Waals surface area contributed by atoms with Crippen molar-refractivity contribution in [3.63, 3.8) is 0 Å². The highest BCUT2D eigenvalue weighted by Gasteiger charge is 2.21. The first kappa shape index (κ1) is 14.7. The lowest BCUT2D eigenvalue weighted by atomic mass is 10.2. The van der Waals surface area contributed by atoms with Gasteiger partial charge in [-0.3, -0.25) is 8.98 Å². The lowest BCUT2D eigenvalue weighted by Crippen LogP contribution is -2.11. The molecule has 0 unspecified atom stereocenters. The molecule has 0 fully saturated rings. The van der Waals surface area contributed by atoms with Crippen molar-refractivity contribution < 1.29 is 22.1 Å². The standard InChI is InChI=1S/C12H16O5S/c1-4-7-16-18(14,15)12-6-5-9(2)8-11(12)17-10(3)13/h5-6,8H,4,7H2,1-3H3. The second kappa shape index (κ2) is 5.97. The predicted molar refractivity (Wildman–Crippen MR) is 65.9 cm³/mol. The Bertz CT molecular complexity index is 533. The molecule has 0 saturated heterocycles. The molecule has 0 N–H and O–H groups in total. The highest BCUT2D eigenvalue weighted by atomic mass is 32.2. The van der Waals surface area contributed by atoms with Crippen molar-refractivity contribution in [2.45, 2.75) is 32.1 Å². The average molecular weight is 272 g/mol. The molecule has 1 rings (SSSR count). The Morgan fingerprint density at radius 3 is 2.56 bits per heavy atom. The average Bonchev–Trinajstić information content (AvgIpc) is 2.25. The fourth-order valence-corrected chi connectivity index (χ4v) is 2.41. The molecule has 0 aliphatic rings. The van der Waals surface area contributed by atoms with E-state index in [0.29, 0.717) is 6.42 Å². The van der Waals surface area contributed by atoms with Gasteiger partial charge in [0.2, 0.25) is 0 Å². The van der Waals surface area contributed by atoms with Crippen molar-refractivity contribution in [2.24, 2.45) is 0 Å². The summed E-state index contributed by atoms with van der Waals surface area (Å²) >= 11 is 0. The molecule has 100 valence electrons. The van der Waals surface area contributed by atoms with Crippen molar-refractivity contribution in [1.29, 1.82) is 0 Å². The van der Waals surface area contributed by atoms with E-state index in [1.54, 1.807) is 19.9 Å². The van der Waals surface area contributed by atoms with E-state index in [0.717, 1.165) is 5.56 Å². The zero-order valence-electron chi connectivity index (χ0n) is 10.6. The number of aryl methyl sites for hydroxylation is 1. The van der Waals surface area contributed by atoms with Crippen LogP contribution in [0.1, 0.15) is 25.8 Å². The van der Waals surface area contributed by atoms with Gasteiger partial charge in [-0.15, -0.1) is 0 Å². The van der Waals surface area contributed by atoms with E-state index in [2.05, 4.69) is 0 Å². The summed E-state index contributed by atoms with van der Waals surface area (Å²) in [7, 11) is -3.89. The second-order valence-corrected chi connectivity index (χ2v) is 5.40. The molecule has 0 amide bonds. The van der Waals surface area contributed by atoms with Crippen molar-refractivity contribution in [3.05, 3.63) is 23.8 Å². The first-order valence-corrected chi connectivity index (χ1v) is 6.96. The molecule has 0 saturated carbocycles. The predicted octanol–water partition coefficient (Wildman–Crippen LogP) is 2.04. The molecule has 0 spiro atoms. The maximum absolute atomic E-state index is 11.9. The summed E-state index contributed by atoms with van der Waals surface area (Å²) in [5.41, 5.74) is 0.792. The van der Waals surface area contributed by atoms with Crippen molar-refractivity contribution in [2.75, 3.05) is 6.61 Å². The van der Waals surface area contributed by atoms with Crippen LogP contribution in [0.25, 0.3) is 0 Å². The van der Waals surface area contributed by atoms with E-state index >= 15 is 0 Å². The van der Waals surface area contributed by atoms with E-state index in [1.807, 2.05) is 0 Å². The fraction of sp³-hybridized carbons (Fsp3) is 0.417. The highest BCUT2D eigenvalue weighted by Crippen LogP contribution is 2.26. The van der Waals surface area contributed by atoms with Crippen LogP contribution < -0.4 is 4.74 Å². The third kappa shape index (κ3) is 3.82. The highest BCUT2D eigenvalue weighted by molar-refractivity contribution is 7.86. The first-order valence-electron chi connectivity index (χ1n) is 5.55. The van der Waals surface area contributed by atoms with E-state index in [-0.39, 0.29) is 17.3 Å². The van der Waals surface area contributed by atoms with E-state index in [9.17, 15) is 13.2 Å². The number of esters is 1.